The number of phenolic OH excluding ortho intramolecular Hbond substituents is 1. The number of Topliss-reactive ketones (excluding diaryl/α,β-unsaturated/α-hetero) is 1. The number of hydrogen-bond donors (Lipinski definition) is 5. The highest BCUT2D eigenvalue weighted by molar-refractivity contribution is 6.00. The molecule has 0 radical (unpaired) electrons. The number of guanidine groups is 1. The van der Waals surface area contributed by atoms with Gasteiger partial charge in [-0.25, -0.2) is 0 Å². The quantitative estimate of drug-likeness (QED) is 0.305. The number of aliphatic hydroxyl groups excluding tert-OH is 1. The zero-order valence-corrected chi connectivity index (χ0v) is 21.3. The van der Waals surface area contributed by atoms with Crippen molar-refractivity contribution in [2.45, 2.75) is 45.6 Å². The molecule has 1 amide bonds. The molecule has 1 heterocycles. The lowest BCUT2D eigenvalue weighted by Gasteiger charge is -2.20. The fourth-order valence-electron chi connectivity index (χ4n) is 4.11. The molecule has 2 unspecified atom stereocenters. The lowest BCUT2D eigenvalue weighted by atomic mass is 9.87. The standard InChI is InChI=1S/C27H34N4O6/c1-4-37-25(35)11-18(24-7-16(2)5-6-17(24)3)9-22(33)13-28-26(36)19-8-20(12-21(32)10-19)31-27-29-14-23(34)15-30-27/h5-8,10,12,18,23,32,34H,4,9,11,13-15H2,1-3H3,(H,28,36)(H2,29,30,31). The van der Waals surface area contributed by atoms with Crippen LogP contribution in [0.1, 0.15) is 52.7 Å². The normalized spacial score (nSPS) is 15.7. The van der Waals surface area contributed by atoms with Gasteiger partial charge >= 0.3 is 5.97 Å². The fraction of sp³-hybridized carbons (Fsp3) is 0.407. The van der Waals surface area contributed by atoms with Crippen LogP contribution in [0.3, 0.4) is 0 Å². The third kappa shape index (κ3) is 8.32. The summed E-state index contributed by atoms with van der Waals surface area (Å²) < 4.78 is 5.11. The number of anilines is 1. The average Bonchev–Trinajstić information content (AvgIpc) is 2.85. The van der Waals surface area contributed by atoms with Gasteiger partial charge in [-0.05, 0) is 44.0 Å². The number of nitrogens with one attached hydrogen (secondary N) is 3. The van der Waals surface area contributed by atoms with E-state index in [1.54, 1.807) is 6.92 Å². The maximum absolute atomic E-state index is 12.8. The molecule has 2 aromatic rings. The smallest absolute Gasteiger partial charge is 0.306 e. The van der Waals surface area contributed by atoms with Gasteiger partial charge in [0.25, 0.3) is 5.91 Å². The van der Waals surface area contributed by atoms with E-state index in [4.69, 9.17) is 4.74 Å². The Kier molecular flexibility index (Phi) is 9.62. The summed E-state index contributed by atoms with van der Waals surface area (Å²) in [5, 5.41) is 28.1. The van der Waals surface area contributed by atoms with Crippen molar-refractivity contribution in [1.82, 2.24) is 10.6 Å². The molecule has 0 aromatic heterocycles. The van der Waals surface area contributed by atoms with E-state index < -0.39 is 12.0 Å². The summed E-state index contributed by atoms with van der Waals surface area (Å²) in [7, 11) is 0. The monoisotopic (exact) mass is 510 g/mol. The molecule has 1 aliphatic heterocycles. The molecule has 0 saturated heterocycles. The molecule has 5 N–H and O–H groups in total. The van der Waals surface area contributed by atoms with Crippen LogP contribution in [-0.4, -0.2) is 66.2 Å². The third-order valence-electron chi connectivity index (χ3n) is 5.92. The van der Waals surface area contributed by atoms with Crippen molar-refractivity contribution in [2.24, 2.45) is 4.99 Å². The summed E-state index contributed by atoms with van der Waals surface area (Å²) in [5.74, 6) is -1.24. The number of carbonyl (C=O) groups is 3. The van der Waals surface area contributed by atoms with E-state index in [9.17, 15) is 24.6 Å². The molecule has 2 aromatic carbocycles. The number of rotatable bonds is 10. The van der Waals surface area contributed by atoms with Gasteiger partial charge in [0.05, 0.1) is 32.2 Å². The van der Waals surface area contributed by atoms with Crippen molar-refractivity contribution >= 4 is 29.3 Å². The molecule has 0 bridgehead atoms. The SMILES string of the molecule is CCOC(=O)CC(CC(=O)CNC(=O)c1cc(O)cc(NC2=NCC(O)CN2)c1)c1cc(C)ccc1C. The van der Waals surface area contributed by atoms with Crippen molar-refractivity contribution in [3.05, 3.63) is 58.7 Å². The van der Waals surface area contributed by atoms with E-state index >= 15 is 0 Å². The minimum atomic E-state index is -0.569. The van der Waals surface area contributed by atoms with Crippen molar-refractivity contribution in [2.75, 3.05) is 31.6 Å². The number of phenols is 1. The first-order chi connectivity index (χ1) is 17.6. The number of benzene rings is 2. The number of aliphatic imine (C=N–C) groups is 1. The molecule has 0 spiro atoms. The highest BCUT2D eigenvalue weighted by Gasteiger charge is 2.23. The first-order valence-electron chi connectivity index (χ1n) is 12.2. The Hall–Kier alpha value is -3.92. The predicted octanol–water partition coefficient (Wildman–Crippen LogP) is 2.17. The summed E-state index contributed by atoms with van der Waals surface area (Å²) in [6.45, 7) is 6.22. The molecule has 0 fully saturated rings. The second-order valence-electron chi connectivity index (χ2n) is 9.11. The van der Waals surface area contributed by atoms with E-state index in [1.807, 2.05) is 32.0 Å². The number of aromatic hydroxyl groups is 1. The molecule has 0 saturated carbocycles. The largest absolute Gasteiger partial charge is 0.508 e. The molecule has 0 aliphatic carbocycles. The van der Waals surface area contributed by atoms with E-state index in [0.717, 1.165) is 16.7 Å². The van der Waals surface area contributed by atoms with Crippen molar-refractivity contribution in [3.8, 4) is 5.75 Å². The predicted molar refractivity (Wildman–Crippen MR) is 140 cm³/mol. The summed E-state index contributed by atoms with van der Waals surface area (Å²) in [4.78, 5) is 42.0. The zero-order valence-electron chi connectivity index (χ0n) is 21.3. The molecule has 3 rings (SSSR count). The lowest BCUT2D eigenvalue weighted by Crippen LogP contribution is -2.42. The molecule has 198 valence electrons. The highest BCUT2D eigenvalue weighted by atomic mass is 16.5. The van der Waals surface area contributed by atoms with Crippen molar-refractivity contribution in [3.63, 3.8) is 0 Å². The summed E-state index contributed by atoms with van der Waals surface area (Å²) in [6, 6.07) is 10.2. The van der Waals surface area contributed by atoms with E-state index in [1.165, 1.54) is 18.2 Å². The Morgan fingerprint density at radius 3 is 2.65 bits per heavy atom. The number of carbonyl (C=O) groups excluding carboxylic acids is 3. The van der Waals surface area contributed by atoms with Crippen molar-refractivity contribution in [1.29, 1.82) is 0 Å². The zero-order chi connectivity index (χ0) is 26.9. The Morgan fingerprint density at radius 2 is 1.95 bits per heavy atom. The van der Waals surface area contributed by atoms with Crippen LogP contribution in [-0.2, 0) is 14.3 Å². The average molecular weight is 511 g/mol. The second kappa shape index (κ2) is 12.9. The van der Waals surface area contributed by atoms with E-state index in [2.05, 4.69) is 20.9 Å². The number of hydrogen-bond acceptors (Lipinski definition) is 9. The lowest BCUT2D eigenvalue weighted by molar-refractivity contribution is -0.143. The summed E-state index contributed by atoms with van der Waals surface area (Å²) in [5.41, 5.74) is 3.48. The molecule has 10 nitrogen and oxygen atoms in total. The van der Waals surface area contributed by atoms with Gasteiger partial charge in [0, 0.05) is 36.2 Å². The highest BCUT2D eigenvalue weighted by Crippen LogP contribution is 2.28. The van der Waals surface area contributed by atoms with Gasteiger partial charge in [0.15, 0.2) is 11.7 Å². The number of β-amino-alcohol motifs (C(OH)–C–C–N with tert-alkyl or cyclic N) is 1. The minimum absolute atomic E-state index is 0.0631. The van der Waals surface area contributed by atoms with Gasteiger partial charge in [-0.1, -0.05) is 23.8 Å². The fourth-order valence-corrected chi connectivity index (χ4v) is 4.11. The van der Waals surface area contributed by atoms with Crippen LogP contribution in [0.5, 0.6) is 5.75 Å². The number of esters is 1. The van der Waals surface area contributed by atoms with Gasteiger partial charge in [-0.2, -0.15) is 0 Å². The number of ether oxygens (including phenoxy) is 1. The van der Waals surface area contributed by atoms with E-state index in [-0.39, 0.29) is 61.5 Å². The van der Waals surface area contributed by atoms with Crippen molar-refractivity contribution < 1.29 is 29.3 Å². The minimum Gasteiger partial charge on any atom is -0.508 e. The molecular formula is C27H34N4O6. The molecular weight excluding hydrogens is 476 g/mol. The van der Waals surface area contributed by atoms with Crippen LogP contribution in [0.25, 0.3) is 0 Å². The number of ketones is 1. The Labute approximate surface area is 216 Å². The Balaban J connectivity index is 1.65. The van der Waals surface area contributed by atoms with Gasteiger partial charge in [0.1, 0.15) is 5.75 Å². The maximum atomic E-state index is 12.8. The number of aryl methyl sites for hydroxylation is 2. The third-order valence-corrected chi connectivity index (χ3v) is 5.92. The van der Waals surface area contributed by atoms with Crippen LogP contribution >= 0.6 is 0 Å². The van der Waals surface area contributed by atoms with Crippen LogP contribution in [0, 0.1) is 13.8 Å². The van der Waals surface area contributed by atoms with Crippen LogP contribution in [0.2, 0.25) is 0 Å². The Bertz CT molecular complexity index is 1180. The van der Waals surface area contributed by atoms with Gasteiger partial charge < -0.3 is 30.9 Å². The summed E-state index contributed by atoms with van der Waals surface area (Å²) >= 11 is 0. The van der Waals surface area contributed by atoms with Gasteiger partial charge in [0.2, 0.25) is 0 Å². The van der Waals surface area contributed by atoms with Crippen LogP contribution in [0.15, 0.2) is 41.4 Å². The number of aliphatic hydroxyl groups is 1. The first kappa shape index (κ1) is 27.7. The maximum Gasteiger partial charge on any atom is 0.306 e. The topological polar surface area (TPSA) is 149 Å². The molecule has 10 heteroatoms. The second-order valence-corrected chi connectivity index (χ2v) is 9.11. The van der Waals surface area contributed by atoms with Gasteiger partial charge in [-0.15, -0.1) is 0 Å². The Morgan fingerprint density at radius 1 is 1.16 bits per heavy atom. The van der Waals surface area contributed by atoms with Crippen LogP contribution in [0.4, 0.5) is 5.69 Å². The number of amides is 1. The number of nitrogens with zero attached hydrogens (tertiary/aromatic N) is 1. The molecule has 37 heavy (non-hydrogen) atoms. The summed E-state index contributed by atoms with van der Waals surface area (Å²) in [6.07, 6.45) is -0.442. The van der Waals surface area contributed by atoms with E-state index in [0.29, 0.717) is 18.2 Å². The molecule has 1 aliphatic rings. The van der Waals surface area contributed by atoms with Crippen LogP contribution < -0.4 is 16.0 Å². The first-order valence-corrected chi connectivity index (χ1v) is 12.2. The molecule has 2 atom stereocenters. The van der Waals surface area contributed by atoms with Gasteiger partial charge in [-0.3, -0.25) is 19.4 Å².